The minimum atomic E-state index is 0.144. The fourth-order valence-corrected chi connectivity index (χ4v) is 4.16. The van der Waals surface area contributed by atoms with Crippen LogP contribution in [0.25, 0.3) is 0 Å². The molecule has 1 aromatic rings. The van der Waals surface area contributed by atoms with Crippen LogP contribution in [0.5, 0.6) is 0 Å². The zero-order chi connectivity index (χ0) is 14.7. The van der Waals surface area contributed by atoms with Crippen molar-refractivity contribution in [2.24, 2.45) is 5.92 Å². The second-order valence-corrected chi connectivity index (χ2v) is 6.94. The summed E-state index contributed by atoms with van der Waals surface area (Å²) >= 11 is 5.98. The maximum Gasteiger partial charge on any atom is 0.193 e. The molecule has 21 heavy (non-hydrogen) atoms. The van der Waals surface area contributed by atoms with Crippen molar-refractivity contribution in [3.8, 4) is 0 Å². The van der Waals surface area contributed by atoms with Crippen LogP contribution < -0.4 is 5.32 Å². The lowest BCUT2D eigenvalue weighted by atomic mass is 9.80. The Morgan fingerprint density at radius 3 is 2.86 bits per heavy atom. The van der Waals surface area contributed by atoms with Crippen LogP contribution in [-0.2, 0) is 4.74 Å². The maximum absolute atomic E-state index is 6.17. The van der Waals surface area contributed by atoms with Crippen molar-refractivity contribution in [1.82, 2.24) is 5.32 Å². The first kappa shape index (κ1) is 15.4. The number of ether oxygens (including phenoxy) is 1. The van der Waals surface area contributed by atoms with Crippen LogP contribution >= 0.6 is 11.6 Å². The molecule has 1 aliphatic heterocycles. The highest BCUT2D eigenvalue weighted by molar-refractivity contribution is 6.28. The van der Waals surface area contributed by atoms with Gasteiger partial charge in [0, 0.05) is 6.61 Å². The normalized spacial score (nSPS) is 26.3. The van der Waals surface area contributed by atoms with Crippen molar-refractivity contribution >= 4 is 11.6 Å². The molecule has 2 aliphatic rings. The Kier molecular flexibility index (Phi) is 4.92. The molecule has 3 rings (SSSR count). The number of nitrogens with one attached hydrogen (secondary N) is 1. The first-order valence-corrected chi connectivity index (χ1v) is 8.73. The fraction of sp³-hybridized carbons (Fsp3) is 0.765. The van der Waals surface area contributed by atoms with E-state index < -0.39 is 0 Å². The summed E-state index contributed by atoms with van der Waals surface area (Å²) in [6.07, 6.45) is 8.44. The van der Waals surface area contributed by atoms with Gasteiger partial charge in [0.05, 0.1) is 11.6 Å². The molecule has 0 radical (unpaired) electrons. The van der Waals surface area contributed by atoms with Gasteiger partial charge in [-0.2, -0.15) is 0 Å². The van der Waals surface area contributed by atoms with Gasteiger partial charge in [-0.05, 0) is 68.3 Å². The third-order valence-electron chi connectivity index (χ3n) is 5.03. The van der Waals surface area contributed by atoms with E-state index in [1.165, 1.54) is 25.7 Å². The van der Waals surface area contributed by atoms with Gasteiger partial charge in [0.15, 0.2) is 5.22 Å². The Labute approximate surface area is 132 Å². The lowest BCUT2D eigenvalue weighted by molar-refractivity contribution is -0.0991. The summed E-state index contributed by atoms with van der Waals surface area (Å²) in [5, 5.41) is 4.15. The summed E-state index contributed by atoms with van der Waals surface area (Å²) in [5.74, 6) is 1.55. The lowest BCUT2D eigenvalue weighted by Gasteiger charge is -2.41. The van der Waals surface area contributed by atoms with Gasteiger partial charge in [0.25, 0.3) is 0 Å². The largest absolute Gasteiger partial charge is 0.448 e. The summed E-state index contributed by atoms with van der Waals surface area (Å²) in [6.45, 7) is 4.08. The Morgan fingerprint density at radius 1 is 1.38 bits per heavy atom. The fourth-order valence-electron chi connectivity index (χ4n) is 4.01. The van der Waals surface area contributed by atoms with Crippen molar-refractivity contribution in [2.75, 3.05) is 13.2 Å². The van der Waals surface area contributed by atoms with Gasteiger partial charge in [-0.25, -0.2) is 0 Å². The van der Waals surface area contributed by atoms with Gasteiger partial charge < -0.3 is 14.5 Å². The summed E-state index contributed by atoms with van der Waals surface area (Å²) in [6, 6.07) is 4.13. The summed E-state index contributed by atoms with van der Waals surface area (Å²) < 4.78 is 11.9. The van der Waals surface area contributed by atoms with E-state index in [0.29, 0.717) is 11.1 Å². The SMILES string of the molecule is CCCNC(c1ccc(Cl)o1)C1CCOC2(CCCC2)C1. The lowest BCUT2D eigenvalue weighted by Crippen LogP contribution is -2.42. The molecule has 1 saturated carbocycles. The molecule has 2 heterocycles. The number of hydrogen-bond acceptors (Lipinski definition) is 3. The first-order chi connectivity index (χ1) is 10.2. The van der Waals surface area contributed by atoms with Crippen LogP contribution in [-0.4, -0.2) is 18.8 Å². The Hall–Kier alpha value is -0.510. The zero-order valence-electron chi connectivity index (χ0n) is 12.9. The molecule has 0 aromatic carbocycles. The van der Waals surface area contributed by atoms with Crippen molar-refractivity contribution in [3.05, 3.63) is 23.1 Å². The number of furan rings is 1. The minimum Gasteiger partial charge on any atom is -0.448 e. The van der Waals surface area contributed by atoms with Crippen LogP contribution in [0.4, 0.5) is 0 Å². The topological polar surface area (TPSA) is 34.4 Å². The standard InChI is InChI=1S/C17H26ClNO2/c1-2-10-19-16(14-5-6-15(18)21-14)13-7-11-20-17(12-13)8-3-4-9-17/h5-6,13,16,19H,2-4,7-12H2,1H3. The molecule has 2 atom stereocenters. The van der Waals surface area contributed by atoms with Crippen molar-refractivity contribution in [3.63, 3.8) is 0 Å². The van der Waals surface area contributed by atoms with Crippen LogP contribution in [0.1, 0.15) is 63.7 Å². The Bertz CT molecular complexity index is 453. The smallest absolute Gasteiger partial charge is 0.193 e. The van der Waals surface area contributed by atoms with Crippen molar-refractivity contribution in [2.45, 2.75) is 63.5 Å². The Balaban J connectivity index is 1.75. The highest BCUT2D eigenvalue weighted by Gasteiger charge is 2.42. The molecule has 0 amide bonds. The number of hydrogen-bond donors (Lipinski definition) is 1. The molecule has 3 nitrogen and oxygen atoms in total. The summed E-state index contributed by atoms with van der Waals surface area (Å²) in [7, 11) is 0. The second kappa shape index (κ2) is 6.72. The van der Waals surface area contributed by atoms with E-state index in [2.05, 4.69) is 12.2 Å². The van der Waals surface area contributed by atoms with Gasteiger partial charge in [-0.3, -0.25) is 0 Å². The minimum absolute atomic E-state index is 0.144. The average Bonchev–Trinajstić information content (AvgIpc) is 3.10. The number of rotatable bonds is 5. The second-order valence-electron chi connectivity index (χ2n) is 6.57. The van der Waals surface area contributed by atoms with Crippen LogP contribution in [0.2, 0.25) is 5.22 Å². The molecule has 4 heteroatoms. The predicted octanol–water partition coefficient (Wildman–Crippen LogP) is 4.71. The third kappa shape index (κ3) is 3.46. The van der Waals surface area contributed by atoms with E-state index in [9.17, 15) is 0 Å². The maximum atomic E-state index is 6.17. The molecule has 1 saturated heterocycles. The van der Waals surface area contributed by atoms with Gasteiger partial charge >= 0.3 is 0 Å². The highest BCUT2D eigenvalue weighted by atomic mass is 35.5. The molecular weight excluding hydrogens is 286 g/mol. The quantitative estimate of drug-likeness (QED) is 0.855. The number of halogens is 1. The van der Waals surface area contributed by atoms with Gasteiger partial charge in [-0.15, -0.1) is 0 Å². The van der Waals surface area contributed by atoms with Crippen molar-refractivity contribution in [1.29, 1.82) is 0 Å². The highest BCUT2D eigenvalue weighted by Crippen LogP contribution is 2.45. The van der Waals surface area contributed by atoms with Gasteiger partial charge in [-0.1, -0.05) is 19.8 Å². The molecule has 1 aromatic heterocycles. The van der Waals surface area contributed by atoms with E-state index in [-0.39, 0.29) is 11.6 Å². The van der Waals surface area contributed by atoms with Crippen LogP contribution in [0.3, 0.4) is 0 Å². The van der Waals surface area contributed by atoms with Crippen LogP contribution in [0, 0.1) is 5.92 Å². The molecular formula is C17H26ClNO2. The molecule has 2 unspecified atom stereocenters. The molecule has 1 N–H and O–H groups in total. The summed E-state index contributed by atoms with van der Waals surface area (Å²) in [4.78, 5) is 0. The monoisotopic (exact) mass is 311 g/mol. The van der Waals surface area contributed by atoms with E-state index >= 15 is 0 Å². The molecule has 1 spiro atoms. The molecule has 1 aliphatic carbocycles. The predicted molar refractivity (Wildman–Crippen MR) is 84.6 cm³/mol. The van der Waals surface area contributed by atoms with E-state index in [0.717, 1.165) is 38.2 Å². The molecule has 0 bridgehead atoms. The first-order valence-electron chi connectivity index (χ1n) is 8.35. The molecule has 2 fully saturated rings. The van der Waals surface area contributed by atoms with Gasteiger partial charge in [0.1, 0.15) is 5.76 Å². The van der Waals surface area contributed by atoms with E-state index in [1.807, 2.05) is 12.1 Å². The van der Waals surface area contributed by atoms with E-state index in [4.69, 9.17) is 20.8 Å². The third-order valence-corrected chi connectivity index (χ3v) is 5.24. The van der Waals surface area contributed by atoms with E-state index in [1.54, 1.807) is 0 Å². The Morgan fingerprint density at radius 2 is 2.19 bits per heavy atom. The summed E-state index contributed by atoms with van der Waals surface area (Å²) in [5.41, 5.74) is 0.144. The van der Waals surface area contributed by atoms with Crippen LogP contribution in [0.15, 0.2) is 16.5 Å². The zero-order valence-corrected chi connectivity index (χ0v) is 13.6. The molecule has 118 valence electrons. The van der Waals surface area contributed by atoms with Crippen molar-refractivity contribution < 1.29 is 9.15 Å². The average molecular weight is 312 g/mol. The van der Waals surface area contributed by atoms with Gasteiger partial charge in [0.2, 0.25) is 0 Å².